The van der Waals surface area contributed by atoms with E-state index in [4.69, 9.17) is 16.0 Å². The minimum atomic E-state index is -4.56. The van der Waals surface area contributed by atoms with Crippen molar-refractivity contribution < 1.29 is 32.3 Å². The van der Waals surface area contributed by atoms with E-state index >= 15 is 0 Å². The molecule has 0 saturated heterocycles. The molecular weight excluding hydrogens is 423 g/mol. The topological polar surface area (TPSA) is 79.5 Å². The van der Waals surface area contributed by atoms with Gasteiger partial charge in [0, 0.05) is 17.2 Å². The van der Waals surface area contributed by atoms with E-state index in [2.05, 4.69) is 5.32 Å². The van der Waals surface area contributed by atoms with Crippen LogP contribution in [0.5, 0.6) is 0 Å². The average Bonchev–Trinajstić information content (AvgIpc) is 3.15. The zero-order chi connectivity index (χ0) is 21.9. The van der Waals surface area contributed by atoms with Crippen LogP contribution in [-0.4, -0.2) is 17.0 Å². The van der Waals surface area contributed by atoms with Crippen molar-refractivity contribution in [2.24, 2.45) is 0 Å². The number of benzene rings is 2. The van der Waals surface area contributed by atoms with E-state index in [9.17, 15) is 27.9 Å². The summed E-state index contributed by atoms with van der Waals surface area (Å²) in [7, 11) is 0. The van der Waals surface area contributed by atoms with Gasteiger partial charge < -0.3 is 14.8 Å². The molecule has 1 heterocycles. The van der Waals surface area contributed by atoms with E-state index in [0.717, 1.165) is 24.3 Å². The zero-order valence-electron chi connectivity index (χ0n) is 15.0. The Hall–Kier alpha value is -3.52. The second-order valence-electron chi connectivity index (χ2n) is 6.08. The SMILES string of the molecule is O=C(O)/C(=C\c1ccc(-c2cc(C(F)(F)F)ccc2Cl)o1)NC(=O)c1ccccc1. The number of carboxylic acids is 1. The average molecular weight is 436 g/mol. The summed E-state index contributed by atoms with van der Waals surface area (Å²) in [5.74, 6) is -2.05. The van der Waals surface area contributed by atoms with Gasteiger partial charge in [-0.25, -0.2) is 4.79 Å². The highest BCUT2D eigenvalue weighted by atomic mass is 35.5. The van der Waals surface area contributed by atoms with Gasteiger partial charge >= 0.3 is 12.1 Å². The molecule has 0 spiro atoms. The van der Waals surface area contributed by atoms with Crippen LogP contribution in [0.25, 0.3) is 17.4 Å². The molecule has 3 aromatic rings. The molecule has 0 radical (unpaired) electrons. The molecule has 0 saturated carbocycles. The maximum absolute atomic E-state index is 13.0. The molecule has 0 aliphatic heterocycles. The second kappa shape index (κ2) is 8.46. The Morgan fingerprint density at radius 3 is 2.37 bits per heavy atom. The van der Waals surface area contributed by atoms with E-state index in [1.807, 2.05) is 0 Å². The lowest BCUT2D eigenvalue weighted by Gasteiger charge is -2.09. The fraction of sp³-hybridized carbons (Fsp3) is 0.0476. The Morgan fingerprint density at radius 1 is 1.03 bits per heavy atom. The number of nitrogens with one attached hydrogen (secondary N) is 1. The molecule has 3 rings (SSSR count). The summed E-state index contributed by atoms with van der Waals surface area (Å²) in [5.41, 5.74) is -1.13. The molecule has 154 valence electrons. The number of halogens is 4. The van der Waals surface area contributed by atoms with Gasteiger partial charge in [-0.2, -0.15) is 13.2 Å². The third-order valence-electron chi connectivity index (χ3n) is 3.99. The van der Waals surface area contributed by atoms with E-state index in [1.165, 1.54) is 24.3 Å². The van der Waals surface area contributed by atoms with Crippen molar-refractivity contribution in [3.8, 4) is 11.3 Å². The van der Waals surface area contributed by atoms with Crippen molar-refractivity contribution in [1.29, 1.82) is 0 Å². The molecule has 1 amide bonds. The Bertz CT molecular complexity index is 1120. The Balaban J connectivity index is 1.90. The summed E-state index contributed by atoms with van der Waals surface area (Å²) in [6, 6.07) is 13.4. The Morgan fingerprint density at radius 2 is 1.73 bits per heavy atom. The van der Waals surface area contributed by atoms with E-state index < -0.39 is 29.3 Å². The molecule has 0 fully saturated rings. The number of carbonyl (C=O) groups is 2. The van der Waals surface area contributed by atoms with Crippen LogP contribution in [0.1, 0.15) is 21.7 Å². The molecular formula is C21H13ClF3NO4. The number of furan rings is 1. The fourth-order valence-electron chi connectivity index (χ4n) is 2.54. The first-order valence-electron chi connectivity index (χ1n) is 8.43. The summed E-state index contributed by atoms with van der Waals surface area (Å²) in [6.07, 6.45) is -3.51. The van der Waals surface area contributed by atoms with Crippen molar-refractivity contribution in [3.05, 3.63) is 88.3 Å². The first kappa shape index (κ1) is 21.2. The van der Waals surface area contributed by atoms with Gasteiger partial charge in [0.2, 0.25) is 0 Å². The first-order valence-corrected chi connectivity index (χ1v) is 8.81. The molecule has 0 unspecified atom stereocenters. The summed E-state index contributed by atoms with van der Waals surface area (Å²) >= 11 is 5.99. The lowest BCUT2D eigenvalue weighted by atomic mass is 10.1. The largest absolute Gasteiger partial charge is 0.477 e. The molecule has 0 aliphatic rings. The number of amides is 1. The fourth-order valence-corrected chi connectivity index (χ4v) is 2.75. The van der Waals surface area contributed by atoms with Crippen LogP contribution in [0.15, 0.2) is 70.8 Å². The monoisotopic (exact) mass is 435 g/mol. The Labute approximate surface area is 173 Å². The highest BCUT2D eigenvalue weighted by molar-refractivity contribution is 6.33. The van der Waals surface area contributed by atoms with Gasteiger partial charge in [0.15, 0.2) is 0 Å². The molecule has 1 aromatic heterocycles. The van der Waals surface area contributed by atoms with Gasteiger partial charge in [0.25, 0.3) is 5.91 Å². The van der Waals surface area contributed by atoms with Crippen LogP contribution >= 0.6 is 11.6 Å². The smallest absolute Gasteiger partial charge is 0.416 e. The summed E-state index contributed by atoms with van der Waals surface area (Å²) in [5, 5.41) is 11.6. The lowest BCUT2D eigenvalue weighted by Crippen LogP contribution is -2.27. The molecule has 0 aliphatic carbocycles. The van der Waals surface area contributed by atoms with Gasteiger partial charge in [-0.1, -0.05) is 29.8 Å². The van der Waals surface area contributed by atoms with Crippen molar-refractivity contribution in [3.63, 3.8) is 0 Å². The Kier molecular flexibility index (Phi) is 5.98. The van der Waals surface area contributed by atoms with Crippen molar-refractivity contribution in [1.82, 2.24) is 5.32 Å². The number of hydrogen-bond donors (Lipinski definition) is 2. The maximum Gasteiger partial charge on any atom is 0.416 e. The summed E-state index contributed by atoms with van der Waals surface area (Å²) in [4.78, 5) is 23.7. The lowest BCUT2D eigenvalue weighted by molar-refractivity contribution is -0.137. The molecule has 2 N–H and O–H groups in total. The van der Waals surface area contributed by atoms with Crippen LogP contribution in [-0.2, 0) is 11.0 Å². The standard InChI is InChI=1S/C21H13ClF3NO4/c22-16-8-6-13(21(23,24)25)10-15(16)18-9-7-14(30-18)11-17(20(28)29)26-19(27)12-4-2-1-3-5-12/h1-11H,(H,26,27)(H,28,29)/b17-11+. The van der Waals surface area contributed by atoms with Crippen molar-refractivity contribution >= 4 is 29.6 Å². The molecule has 0 bridgehead atoms. The minimum absolute atomic E-state index is 0.00339. The van der Waals surface area contributed by atoms with E-state index in [-0.39, 0.29) is 27.7 Å². The predicted octanol–water partition coefficient (Wildman–Crippen LogP) is 5.47. The van der Waals surface area contributed by atoms with Gasteiger partial charge in [-0.15, -0.1) is 0 Å². The normalized spacial score (nSPS) is 11.9. The second-order valence-corrected chi connectivity index (χ2v) is 6.48. The number of aliphatic carboxylic acids is 1. The maximum atomic E-state index is 13.0. The third kappa shape index (κ3) is 4.90. The van der Waals surface area contributed by atoms with E-state index in [0.29, 0.717) is 0 Å². The van der Waals surface area contributed by atoms with Crippen molar-refractivity contribution in [2.75, 3.05) is 0 Å². The third-order valence-corrected chi connectivity index (χ3v) is 4.32. The first-order chi connectivity index (χ1) is 14.1. The van der Waals surface area contributed by atoms with Crippen LogP contribution in [0.2, 0.25) is 5.02 Å². The molecule has 30 heavy (non-hydrogen) atoms. The van der Waals surface area contributed by atoms with Gasteiger partial charge in [-0.3, -0.25) is 4.79 Å². The highest BCUT2D eigenvalue weighted by Crippen LogP contribution is 2.36. The van der Waals surface area contributed by atoms with Gasteiger partial charge in [-0.05, 0) is 42.5 Å². The van der Waals surface area contributed by atoms with Crippen LogP contribution in [0, 0.1) is 0 Å². The summed E-state index contributed by atoms with van der Waals surface area (Å²) < 4.78 is 44.3. The van der Waals surface area contributed by atoms with Crippen LogP contribution < -0.4 is 5.32 Å². The number of rotatable bonds is 5. The van der Waals surface area contributed by atoms with E-state index in [1.54, 1.807) is 18.2 Å². The van der Waals surface area contributed by atoms with Gasteiger partial charge in [0.1, 0.15) is 17.2 Å². The minimum Gasteiger partial charge on any atom is -0.477 e. The van der Waals surface area contributed by atoms with Crippen LogP contribution in [0.4, 0.5) is 13.2 Å². The quantitative estimate of drug-likeness (QED) is 0.520. The van der Waals surface area contributed by atoms with Crippen LogP contribution in [0.3, 0.4) is 0 Å². The number of hydrogen-bond acceptors (Lipinski definition) is 3. The summed E-state index contributed by atoms with van der Waals surface area (Å²) in [6.45, 7) is 0. The van der Waals surface area contributed by atoms with Gasteiger partial charge in [0.05, 0.1) is 10.6 Å². The number of alkyl halides is 3. The molecule has 2 aromatic carbocycles. The number of carbonyl (C=O) groups excluding carboxylic acids is 1. The zero-order valence-corrected chi connectivity index (χ0v) is 15.8. The number of carboxylic acid groups (broad SMARTS) is 1. The molecule has 5 nitrogen and oxygen atoms in total. The molecule has 0 atom stereocenters. The van der Waals surface area contributed by atoms with Crippen molar-refractivity contribution in [2.45, 2.75) is 6.18 Å². The molecule has 9 heteroatoms. The highest BCUT2D eigenvalue weighted by Gasteiger charge is 2.31. The predicted molar refractivity (Wildman–Crippen MR) is 104 cm³/mol.